The van der Waals surface area contributed by atoms with Crippen LogP contribution in [0.15, 0.2) is 30.4 Å². The molecule has 2 aliphatic rings. The molecule has 0 amide bonds. The lowest BCUT2D eigenvalue weighted by Gasteiger charge is -2.29. The summed E-state index contributed by atoms with van der Waals surface area (Å²) in [6.45, 7) is 4.21. The van der Waals surface area contributed by atoms with Crippen molar-refractivity contribution in [2.75, 3.05) is 0 Å². The molecule has 1 saturated carbocycles. The maximum Gasteiger partial charge on any atom is 0.159 e. The molecule has 5 atom stereocenters. The van der Waals surface area contributed by atoms with Crippen molar-refractivity contribution in [3.05, 3.63) is 47.5 Å². The van der Waals surface area contributed by atoms with Crippen molar-refractivity contribution in [3.8, 4) is 0 Å². The van der Waals surface area contributed by atoms with Gasteiger partial charge >= 0.3 is 0 Å². The van der Waals surface area contributed by atoms with E-state index in [1.807, 2.05) is 6.92 Å². The summed E-state index contributed by atoms with van der Waals surface area (Å²) in [5, 5.41) is 3.55. The largest absolute Gasteiger partial charge is 0.307 e. The SMILES string of the molecule is CC(NC(C)C1CC2C=CC1C2)c1ccc(F)c(F)c1. The third-order valence-electron chi connectivity index (χ3n) is 4.93. The number of hydrogen-bond donors (Lipinski definition) is 1. The fraction of sp³-hybridized carbons (Fsp3) is 0.529. The molecular weight excluding hydrogens is 256 g/mol. The van der Waals surface area contributed by atoms with Crippen molar-refractivity contribution < 1.29 is 8.78 Å². The van der Waals surface area contributed by atoms with Crippen molar-refractivity contribution in [1.29, 1.82) is 0 Å². The van der Waals surface area contributed by atoms with Gasteiger partial charge in [0.05, 0.1) is 0 Å². The van der Waals surface area contributed by atoms with E-state index in [9.17, 15) is 8.78 Å². The number of halogens is 2. The van der Waals surface area contributed by atoms with E-state index in [0.29, 0.717) is 17.9 Å². The number of rotatable bonds is 4. The lowest BCUT2D eigenvalue weighted by Crippen LogP contribution is -2.37. The van der Waals surface area contributed by atoms with Crippen molar-refractivity contribution in [3.63, 3.8) is 0 Å². The maximum atomic E-state index is 13.3. The van der Waals surface area contributed by atoms with Gasteiger partial charge in [-0.1, -0.05) is 18.2 Å². The molecule has 5 unspecified atom stereocenters. The van der Waals surface area contributed by atoms with E-state index in [1.165, 1.54) is 25.0 Å². The molecule has 2 aliphatic carbocycles. The first-order chi connectivity index (χ1) is 9.54. The number of allylic oxidation sites excluding steroid dienone is 2. The smallest absolute Gasteiger partial charge is 0.159 e. The summed E-state index contributed by atoms with van der Waals surface area (Å²) in [4.78, 5) is 0. The third-order valence-corrected chi connectivity index (χ3v) is 4.93. The Morgan fingerprint density at radius 3 is 2.50 bits per heavy atom. The van der Waals surface area contributed by atoms with Crippen molar-refractivity contribution in [2.24, 2.45) is 17.8 Å². The van der Waals surface area contributed by atoms with Gasteiger partial charge in [-0.15, -0.1) is 0 Å². The van der Waals surface area contributed by atoms with Gasteiger partial charge in [-0.3, -0.25) is 0 Å². The fourth-order valence-corrected chi connectivity index (χ4v) is 3.79. The number of fused-ring (bicyclic) bond motifs is 2. The summed E-state index contributed by atoms with van der Waals surface area (Å²) in [5.74, 6) is 0.559. The van der Waals surface area contributed by atoms with Crippen LogP contribution < -0.4 is 5.32 Å². The van der Waals surface area contributed by atoms with E-state index in [1.54, 1.807) is 6.07 Å². The van der Waals surface area contributed by atoms with Crippen molar-refractivity contribution in [1.82, 2.24) is 5.32 Å². The topological polar surface area (TPSA) is 12.0 Å². The molecular formula is C17H21F2N. The molecule has 3 rings (SSSR count). The van der Waals surface area contributed by atoms with Gasteiger partial charge < -0.3 is 5.32 Å². The van der Waals surface area contributed by atoms with Crippen LogP contribution in [0, 0.1) is 29.4 Å². The summed E-state index contributed by atoms with van der Waals surface area (Å²) in [5.41, 5.74) is 0.800. The number of hydrogen-bond acceptors (Lipinski definition) is 1. The first kappa shape index (κ1) is 13.7. The van der Waals surface area contributed by atoms with Crippen LogP contribution in [-0.2, 0) is 0 Å². The molecule has 2 bridgehead atoms. The average molecular weight is 277 g/mol. The van der Waals surface area contributed by atoms with E-state index < -0.39 is 11.6 Å². The predicted octanol–water partition coefficient (Wildman–Crippen LogP) is 4.22. The number of nitrogens with one attached hydrogen (secondary N) is 1. The molecule has 0 radical (unpaired) electrons. The Labute approximate surface area is 119 Å². The van der Waals surface area contributed by atoms with Crippen LogP contribution in [0.25, 0.3) is 0 Å². The molecule has 3 heteroatoms. The minimum atomic E-state index is -0.785. The van der Waals surface area contributed by atoms with E-state index >= 15 is 0 Å². The molecule has 0 aromatic heterocycles. The minimum absolute atomic E-state index is 0.0307. The Bertz CT molecular complexity index is 526. The molecule has 20 heavy (non-hydrogen) atoms. The molecule has 0 heterocycles. The molecule has 1 aromatic rings. The highest BCUT2D eigenvalue weighted by molar-refractivity contribution is 5.21. The lowest BCUT2D eigenvalue weighted by atomic mass is 9.87. The van der Waals surface area contributed by atoms with Crippen LogP contribution >= 0.6 is 0 Å². The van der Waals surface area contributed by atoms with Gasteiger partial charge in [0.25, 0.3) is 0 Å². The second-order valence-corrected chi connectivity index (χ2v) is 6.29. The van der Waals surface area contributed by atoms with Gasteiger partial charge in [0.1, 0.15) is 0 Å². The zero-order valence-corrected chi connectivity index (χ0v) is 11.9. The van der Waals surface area contributed by atoms with Gasteiger partial charge in [0, 0.05) is 12.1 Å². The molecule has 0 aliphatic heterocycles. The first-order valence-corrected chi connectivity index (χ1v) is 7.44. The molecule has 108 valence electrons. The zero-order chi connectivity index (χ0) is 14.3. The highest BCUT2D eigenvalue weighted by Gasteiger charge is 2.38. The van der Waals surface area contributed by atoms with Gasteiger partial charge in [-0.25, -0.2) is 8.78 Å². The lowest BCUT2D eigenvalue weighted by molar-refractivity contribution is 0.307. The highest BCUT2D eigenvalue weighted by atomic mass is 19.2. The standard InChI is InChI=1S/C17H21F2N/c1-10(13-5-6-16(18)17(19)9-13)20-11(2)15-8-12-3-4-14(15)7-12/h3-6,9-12,14-15,20H,7-8H2,1-2H3. The average Bonchev–Trinajstić information content (AvgIpc) is 3.04. The van der Waals surface area contributed by atoms with Gasteiger partial charge in [0.2, 0.25) is 0 Å². The Hall–Kier alpha value is -1.22. The summed E-state index contributed by atoms with van der Waals surface area (Å²) in [6.07, 6.45) is 7.22. The predicted molar refractivity (Wildman–Crippen MR) is 76.2 cm³/mol. The van der Waals surface area contributed by atoms with E-state index in [-0.39, 0.29) is 6.04 Å². The summed E-state index contributed by atoms with van der Waals surface area (Å²) >= 11 is 0. The molecule has 1 aromatic carbocycles. The molecule has 0 spiro atoms. The quantitative estimate of drug-likeness (QED) is 0.813. The van der Waals surface area contributed by atoms with Gasteiger partial charge in [0.15, 0.2) is 11.6 Å². The third kappa shape index (κ3) is 2.51. The fourth-order valence-electron chi connectivity index (χ4n) is 3.79. The monoisotopic (exact) mass is 277 g/mol. The Kier molecular flexibility index (Phi) is 3.63. The zero-order valence-electron chi connectivity index (χ0n) is 11.9. The van der Waals surface area contributed by atoms with Crippen LogP contribution in [-0.4, -0.2) is 6.04 Å². The van der Waals surface area contributed by atoms with E-state index in [0.717, 1.165) is 11.5 Å². The van der Waals surface area contributed by atoms with Gasteiger partial charge in [-0.05, 0) is 62.1 Å². The summed E-state index contributed by atoms with van der Waals surface area (Å²) in [7, 11) is 0. The normalized spacial score (nSPS) is 30.7. The minimum Gasteiger partial charge on any atom is -0.307 e. The Morgan fingerprint density at radius 1 is 1.10 bits per heavy atom. The van der Waals surface area contributed by atoms with Crippen LogP contribution in [0.5, 0.6) is 0 Å². The molecule has 1 nitrogen and oxygen atoms in total. The van der Waals surface area contributed by atoms with Gasteiger partial charge in [-0.2, -0.15) is 0 Å². The van der Waals surface area contributed by atoms with Crippen LogP contribution in [0.1, 0.15) is 38.3 Å². The second kappa shape index (κ2) is 5.28. The summed E-state index contributed by atoms with van der Waals surface area (Å²) < 4.78 is 26.3. The maximum absolute atomic E-state index is 13.3. The van der Waals surface area contributed by atoms with E-state index in [2.05, 4.69) is 24.4 Å². The van der Waals surface area contributed by atoms with Crippen LogP contribution in [0.4, 0.5) is 8.78 Å². The van der Waals surface area contributed by atoms with Crippen molar-refractivity contribution in [2.45, 2.75) is 38.8 Å². The van der Waals surface area contributed by atoms with Crippen molar-refractivity contribution >= 4 is 0 Å². The number of benzene rings is 1. The molecule has 1 N–H and O–H groups in total. The first-order valence-electron chi connectivity index (χ1n) is 7.44. The Morgan fingerprint density at radius 2 is 1.90 bits per heavy atom. The molecule has 0 saturated heterocycles. The second-order valence-electron chi connectivity index (χ2n) is 6.29. The highest BCUT2D eigenvalue weighted by Crippen LogP contribution is 2.45. The molecule has 1 fully saturated rings. The van der Waals surface area contributed by atoms with Crippen LogP contribution in [0.2, 0.25) is 0 Å². The van der Waals surface area contributed by atoms with Crippen LogP contribution in [0.3, 0.4) is 0 Å². The Balaban J connectivity index is 1.64. The van der Waals surface area contributed by atoms with E-state index in [4.69, 9.17) is 0 Å². The summed E-state index contributed by atoms with van der Waals surface area (Å²) in [6, 6.07) is 4.57.